The number of nitrogens with one attached hydrogen (secondary N) is 3. The minimum atomic E-state index is -0.348. The van der Waals surface area contributed by atoms with Gasteiger partial charge in [-0.05, 0) is 66.7 Å². The van der Waals surface area contributed by atoms with Gasteiger partial charge in [-0.2, -0.15) is 5.10 Å². The van der Waals surface area contributed by atoms with E-state index >= 15 is 0 Å². The van der Waals surface area contributed by atoms with Crippen LogP contribution in [0.5, 0.6) is 5.75 Å². The van der Waals surface area contributed by atoms with E-state index in [1.165, 1.54) is 0 Å². The molecule has 0 bridgehead atoms. The van der Waals surface area contributed by atoms with Crippen LogP contribution in [-0.2, 0) is 0 Å². The topological polar surface area (TPSA) is 97.3 Å². The molecule has 3 amide bonds. The van der Waals surface area contributed by atoms with E-state index in [1.807, 2.05) is 54.6 Å². The number of benzene rings is 3. The maximum absolute atomic E-state index is 13.0. The Bertz CT molecular complexity index is 1310. The fraction of sp³-hybridized carbons (Fsp3) is 0.0741. The fourth-order valence-electron chi connectivity index (χ4n) is 3.40. The Hall–Kier alpha value is -4.85. The predicted octanol–water partition coefficient (Wildman–Crippen LogP) is 5.11. The highest BCUT2D eigenvalue weighted by Crippen LogP contribution is 2.26. The molecule has 1 heterocycles. The summed E-state index contributed by atoms with van der Waals surface area (Å²) in [6, 6.07) is 25.4. The van der Waals surface area contributed by atoms with E-state index in [2.05, 4.69) is 27.6 Å². The molecule has 0 saturated carbocycles. The highest BCUT2D eigenvalue weighted by Gasteiger charge is 2.17. The second-order valence-electron chi connectivity index (χ2n) is 7.55. The average Bonchev–Trinajstić information content (AvgIpc) is 3.35. The highest BCUT2D eigenvalue weighted by molar-refractivity contribution is 6.03. The molecule has 0 spiro atoms. The summed E-state index contributed by atoms with van der Waals surface area (Å²) in [6.45, 7) is 3.93. The van der Waals surface area contributed by atoms with E-state index in [9.17, 15) is 9.59 Å². The van der Waals surface area contributed by atoms with Gasteiger partial charge >= 0.3 is 6.03 Å². The van der Waals surface area contributed by atoms with Crippen molar-refractivity contribution in [2.45, 2.75) is 0 Å². The molecule has 8 nitrogen and oxygen atoms in total. The molecule has 1 aromatic heterocycles. The third-order valence-electron chi connectivity index (χ3n) is 5.14. The Balaban J connectivity index is 1.55. The first-order chi connectivity index (χ1) is 17.1. The summed E-state index contributed by atoms with van der Waals surface area (Å²) in [7, 11) is 1.62. The van der Waals surface area contributed by atoms with Crippen molar-refractivity contribution in [3.8, 4) is 22.7 Å². The number of nitrogens with zero attached hydrogens (tertiary/aromatic N) is 2. The van der Waals surface area contributed by atoms with Gasteiger partial charge in [0.1, 0.15) is 5.75 Å². The van der Waals surface area contributed by atoms with Crippen molar-refractivity contribution in [3.63, 3.8) is 0 Å². The molecule has 4 rings (SSSR count). The van der Waals surface area contributed by atoms with E-state index in [0.29, 0.717) is 17.9 Å². The molecule has 8 heteroatoms. The molecule has 0 unspecified atom stereocenters. The lowest BCUT2D eigenvalue weighted by Crippen LogP contribution is -2.28. The molecule has 0 aliphatic carbocycles. The van der Waals surface area contributed by atoms with Crippen LogP contribution in [0.25, 0.3) is 16.9 Å². The number of urea groups is 1. The third kappa shape index (κ3) is 5.75. The first-order valence-corrected chi connectivity index (χ1v) is 10.9. The normalized spacial score (nSPS) is 10.3. The van der Waals surface area contributed by atoms with Crippen LogP contribution in [-0.4, -0.2) is 35.4 Å². The van der Waals surface area contributed by atoms with Crippen LogP contribution in [0.15, 0.2) is 97.6 Å². The summed E-state index contributed by atoms with van der Waals surface area (Å²) in [6.07, 6.45) is 1.59. The average molecular weight is 468 g/mol. The van der Waals surface area contributed by atoms with Crippen molar-refractivity contribution < 1.29 is 14.3 Å². The van der Waals surface area contributed by atoms with E-state index in [1.54, 1.807) is 48.2 Å². The number of hydrogen-bond donors (Lipinski definition) is 3. The Kier molecular flexibility index (Phi) is 7.22. The van der Waals surface area contributed by atoms with E-state index in [0.717, 1.165) is 22.7 Å². The third-order valence-corrected chi connectivity index (χ3v) is 5.14. The number of hydrogen-bond acceptors (Lipinski definition) is 4. The van der Waals surface area contributed by atoms with Crippen LogP contribution in [0, 0.1) is 0 Å². The van der Waals surface area contributed by atoms with Crippen LogP contribution in [0.3, 0.4) is 0 Å². The summed E-state index contributed by atoms with van der Waals surface area (Å²) in [4.78, 5) is 24.8. The number of rotatable bonds is 8. The number of aromatic nitrogens is 2. The van der Waals surface area contributed by atoms with Gasteiger partial charge in [-0.3, -0.25) is 4.79 Å². The van der Waals surface area contributed by atoms with Gasteiger partial charge in [0.15, 0.2) is 5.69 Å². The second kappa shape index (κ2) is 10.8. The summed E-state index contributed by atoms with van der Waals surface area (Å²) in [5.41, 5.74) is 3.95. The Morgan fingerprint density at radius 2 is 1.60 bits per heavy atom. The van der Waals surface area contributed by atoms with Gasteiger partial charge in [-0.15, -0.1) is 6.58 Å². The lowest BCUT2D eigenvalue weighted by Gasteiger charge is -2.08. The number of anilines is 2. The standard InChI is InChI=1S/C27H25N5O3/c1-3-17-28-27(34)30-21-13-11-20(12-14-21)29-26(33)24-18-25(19-9-15-23(35-2)16-10-19)32(31-24)22-7-5-4-6-8-22/h3-16,18H,1,17H2,2H3,(H,29,33)(H2,28,30,34). The van der Waals surface area contributed by atoms with E-state index < -0.39 is 0 Å². The van der Waals surface area contributed by atoms with Crippen LogP contribution >= 0.6 is 0 Å². The zero-order valence-corrected chi connectivity index (χ0v) is 19.2. The van der Waals surface area contributed by atoms with Crippen LogP contribution in [0.1, 0.15) is 10.5 Å². The smallest absolute Gasteiger partial charge is 0.319 e. The predicted molar refractivity (Wildman–Crippen MR) is 137 cm³/mol. The SMILES string of the molecule is C=CCNC(=O)Nc1ccc(NC(=O)c2cc(-c3ccc(OC)cc3)n(-c3ccccc3)n2)cc1. The molecule has 0 aliphatic rings. The first kappa shape index (κ1) is 23.3. The number of carbonyl (C=O) groups is 2. The monoisotopic (exact) mass is 467 g/mol. The van der Waals surface area contributed by atoms with Crippen molar-refractivity contribution in [3.05, 3.63) is 103 Å². The number of para-hydroxylation sites is 1. The molecular formula is C27H25N5O3. The molecule has 4 aromatic rings. The summed E-state index contributed by atoms with van der Waals surface area (Å²) in [5, 5.41) is 12.8. The zero-order valence-electron chi connectivity index (χ0n) is 19.2. The number of methoxy groups -OCH3 is 1. The first-order valence-electron chi connectivity index (χ1n) is 10.9. The van der Waals surface area contributed by atoms with Gasteiger partial charge in [0.25, 0.3) is 5.91 Å². The van der Waals surface area contributed by atoms with Gasteiger partial charge < -0.3 is 20.7 Å². The molecule has 35 heavy (non-hydrogen) atoms. The minimum absolute atomic E-state index is 0.269. The zero-order chi connectivity index (χ0) is 24.6. The molecule has 0 fully saturated rings. The largest absolute Gasteiger partial charge is 0.497 e. The van der Waals surface area contributed by atoms with Gasteiger partial charge in [-0.1, -0.05) is 24.3 Å². The minimum Gasteiger partial charge on any atom is -0.497 e. The summed E-state index contributed by atoms with van der Waals surface area (Å²) < 4.78 is 7.00. The summed E-state index contributed by atoms with van der Waals surface area (Å²) >= 11 is 0. The maximum atomic E-state index is 13.0. The van der Waals surface area contributed by atoms with E-state index in [-0.39, 0.29) is 17.6 Å². The van der Waals surface area contributed by atoms with E-state index in [4.69, 9.17) is 4.74 Å². The van der Waals surface area contributed by atoms with Crippen molar-refractivity contribution in [1.29, 1.82) is 0 Å². The van der Waals surface area contributed by atoms with Crippen molar-refractivity contribution in [2.75, 3.05) is 24.3 Å². The highest BCUT2D eigenvalue weighted by atomic mass is 16.5. The lowest BCUT2D eigenvalue weighted by molar-refractivity contribution is 0.102. The quantitative estimate of drug-likeness (QED) is 0.314. The molecule has 0 radical (unpaired) electrons. The van der Waals surface area contributed by atoms with Crippen LogP contribution in [0.4, 0.5) is 16.2 Å². The maximum Gasteiger partial charge on any atom is 0.319 e. The van der Waals surface area contributed by atoms with Gasteiger partial charge in [-0.25, -0.2) is 9.48 Å². The van der Waals surface area contributed by atoms with Gasteiger partial charge in [0.05, 0.1) is 18.5 Å². The number of amides is 3. The molecule has 3 aromatic carbocycles. The van der Waals surface area contributed by atoms with Crippen molar-refractivity contribution in [2.24, 2.45) is 0 Å². The van der Waals surface area contributed by atoms with Crippen LogP contribution < -0.4 is 20.7 Å². The molecule has 0 aliphatic heterocycles. The number of ether oxygens (including phenoxy) is 1. The Morgan fingerprint density at radius 1 is 0.943 bits per heavy atom. The lowest BCUT2D eigenvalue weighted by atomic mass is 10.1. The van der Waals surface area contributed by atoms with Crippen LogP contribution in [0.2, 0.25) is 0 Å². The molecule has 3 N–H and O–H groups in total. The Labute approximate surface area is 203 Å². The second-order valence-corrected chi connectivity index (χ2v) is 7.55. The van der Waals surface area contributed by atoms with Gasteiger partial charge in [0, 0.05) is 23.5 Å². The van der Waals surface area contributed by atoms with Crippen molar-refractivity contribution in [1.82, 2.24) is 15.1 Å². The molecular weight excluding hydrogens is 442 g/mol. The van der Waals surface area contributed by atoms with Crippen molar-refractivity contribution >= 4 is 23.3 Å². The fourth-order valence-corrected chi connectivity index (χ4v) is 3.40. The Morgan fingerprint density at radius 3 is 2.23 bits per heavy atom. The van der Waals surface area contributed by atoms with Gasteiger partial charge in [0.2, 0.25) is 0 Å². The summed E-state index contributed by atoms with van der Waals surface area (Å²) in [5.74, 6) is 0.396. The number of carbonyl (C=O) groups excluding carboxylic acids is 2. The molecule has 176 valence electrons. The molecule has 0 atom stereocenters. The molecule has 0 saturated heterocycles.